The van der Waals surface area contributed by atoms with Crippen LogP contribution in [0.1, 0.15) is 0 Å². The molecule has 1 amide bonds. The summed E-state index contributed by atoms with van der Waals surface area (Å²) in [7, 11) is 0. The summed E-state index contributed by atoms with van der Waals surface area (Å²) < 4.78 is 0. The van der Waals surface area contributed by atoms with E-state index < -0.39 is 0 Å². The fourth-order valence-electron chi connectivity index (χ4n) is 1.21. The third-order valence-corrected chi connectivity index (χ3v) is 3.19. The molecule has 0 bridgehead atoms. The van der Waals surface area contributed by atoms with Gasteiger partial charge >= 0.3 is 0 Å². The van der Waals surface area contributed by atoms with Gasteiger partial charge in [0.25, 0.3) is 0 Å². The van der Waals surface area contributed by atoms with Gasteiger partial charge in [-0.25, -0.2) is 4.98 Å². The van der Waals surface area contributed by atoms with Crippen LogP contribution in [0.3, 0.4) is 0 Å². The van der Waals surface area contributed by atoms with Gasteiger partial charge in [-0.3, -0.25) is 4.79 Å². The summed E-state index contributed by atoms with van der Waals surface area (Å²) in [5.74, 6) is 0.179. The second-order valence-electron chi connectivity index (χ2n) is 3.21. The Labute approximate surface area is 108 Å². The minimum atomic E-state index is -0.112. The number of imidazole rings is 1. The van der Waals surface area contributed by atoms with Gasteiger partial charge in [-0.2, -0.15) is 0 Å². The number of anilines is 1. The average molecular weight is 268 g/mol. The predicted molar refractivity (Wildman–Crippen MR) is 69.4 cm³/mol. The fourth-order valence-corrected chi connectivity index (χ4v) is 2.02. The molecule has 0 unspecified atom stereocenters. The zero-order valence-electron chi connectivity index (χ0n) is 8.81. The van der Waals surface area contributed by atoms with Crippen LogP contribution in [-0.2, 0) is 4.79 Å². The van der Waals surface area contributed by atoms with Gasteiger partial charge < -0.3 is 10.3 Å². The van der Waals surface area contributed by atoms with Crippen molar-refractivity contribution in [1.29, 1.82) is 0 Å². The molecule has 0 saturated carbocycles. The van der Waals surface area contributed by atoms with E-state index in [2.05, 4.69) is 15.3 Å². The molecule has 0 spiro atoms. The van der Waals surface area contributed by atoms with Crippen LogP contribution in [0.4, 0.5) is 5.69 Å². The third-order valence-electron chi connectivity index (χ3n) is 1.96. The van der Waals surface area contributed by atoms with Gasteiger partial charge in [0.15, 0.2) is 5.16 Å². The topological polar surface area (TPSA) is 57.8 Å². The largest absolute Gasteiger partial charge is 0.340 e. The lowest BCUT2D eigenvalue weighted by Crippen LogP contribution is -2.14. The molecule has 2 rings (SSSR count). The molecule has 4 nitrogen and oxygen atoms in total. The van der Waals surface area contributed by atoms with E-state index >= 15 is 0 Å². The SMILES string of the molecule is O=C(CSc1ncc[nH]1)Nc1ccccc1Cl. The van der Waals surface area contributed by atoms with Crippen LogP contribution in [0.5, 0.6) is 0 Å². The van der Waals surface area contributed by atoms with E-state index in [1.165, 1.54) is 11.8 Å². The standard InChI is InChI=1S/C11H10ClN3OS/c12-8-3-1-2-4-9(8)15-10(16)7-17-11-13-5-6-14-11/h1-6H,7H2,(H,13,14)(H,15,16). The lowest BCUT2D eigenvalue weighted by Gasteiger charge is -2.05. The lowest BCUT2D eigenvalue weighted by molar-refractivity contribution is -0.113. The van der Waals surface area contributed by atoms with E-state index in [0.717, 1.165) is 5.16 Å². The van der Waals surface area contributed by atoms with Gasteiger partial charge in [-0.05, 0) is 12.1 Å². The molecule has 88 valence electrons. The quantitative estimate of drug-likeness (QED) is 0.838. The number of para-hydroxylation sites is 1. The van der Waals surface area contributed by atoms with Crippen molar-refractivity contribution in [2.75, 3.05) is 11.1 Å². The first kappa shape index (κ1) is 12.0. The number of aromatic amines is 1. The Morgan fingerprint density at radius 1 is 1.47 bits per heavy atom. The number of hydrogen-bond donors (Lipinski definition) is 2. The highest BCUT2D eigenvalue weighted by molar-refractivity contribution is 7.99. The first-order valence-corrected chi connectivity index (χ1v) is 6.28. The van der Waals surface area contributed by atoms with Crippen molar-refractivity contribution in [3.63, 3.8) is 0 Å². The van der Waals surface area contributed by atoms with E-state index in [0.29, 0.717) is 16.5 Å². The summed E-state index contributed by atoms with van der Waals surface area (Å²) in [6.07, 6.45) is 3.36. The molecule has 1 aromatic heterocycles. The van der Waals surface area contributed by atoms with Crippen molar-refractivity contribution in [1.82, 2.24) is 9.97 Å². The molecular weight excluding hydrogens is 258 g/mol. The number of nitrogens with zero attached hydrogens (tertiary/aromatic N) is 1. The molecule has 0 aliphatic heterocycles. The minimum Gasteiger partial charge on any atom is -0.340 e. The number of carbonyl (C=O) groups excluding carboxylic acids is 1. The Morgan fingerprint density at radius 3 is 3.00 bits per heavy atom. The number of thioether (sulfide) groups is 1. The molecule has 1 aromatic carbocycles. The van der Waals surface area contributed by atoms with Crippen LogP contribution in [0, 0.1) is 0 Å². The number of amides is 1. The number of hydrogen-bond acceptors (Lipinski definition) is 3. The molecule has 0 aliphatic carbocycles. The normalized spacial score (nSPS) is 10.2. The molecule has 2 N–H and O–H groups in total. The first-order valence-electron chi connectivity index (χ1n) is 4.92. The fraction of sp³-hybridized carbons (Fsp3) is 0.0909. The Kier molecular flexibility index (Phi) is 4.06. The summed E-state index contributed by atoms with van der Waals surface area (Å²) >= 11 is 7.27. The van der Waals surface area contributed by atoms with E-state index in [9.17, 15) is 4.79 Å². The maximum absolute atomic E-state index is 11.6. The van der Waals surface area contributed by atoms with Crippen LogP contribution < -0.4 is 5.32 Å². The molecule has 6 heteroatoms. The Balaban J connectivity index is 1.87. The highest BCUT2D eigenvalue weighted by atomic mass is 35.5. The van der Waals surface area contributed by atoms with Crippen LogP contribution >= 0.6 is 23.4 Å². The smallest absolute Gasteiger partial charge is 0.234 e. The highest BCUT2D eigenvalue weighted by Crippen LogP contribution is 2.21. The van der Waals surface area contributed by atoms with Crippen molar-refractivity contribution in [3.8, 4) is 0 Å². The van der Waals surface area contributed by atoms with Gasteiger partial charge in [0.2, 0.25) is 5.91 Å². The summed E-state index contributed by atoms with van der Waals surface area (Å²) in [6.45, 7) is 0. The summed E-state index contributed by atoms with van der Waals surface area (Å²) in [4.78, 5) is 18.6. The number of nitrogens with one attached hydrogen (secondary N) is 2. The molecule has 0 saturated heterocycles. The zero-order chi connectivity index (χ0) is 12.1. The summed E-state index contributed by atoms with van der Waals surface area (Å²) in [6, 6.07) is 7.13. The molecule has 17 heavy (non-hydrogen) atoms. The van der Waals surface area contributed by atoms with E-state index in [1.807, 2.05) is 12.1 Å². The summed E-state index contributed by atoms with van der Waals surface area (Å²) in [5, 5.41) is 3.99. The van der Waals surface area contributed by atoms with Gasteiger partial charge in [-0.1, -0.05) is 35.5 Å². The second-order valence-corrected chi connectivity index (χ2v) is 4.58. The van der Waals surface area contributed by atoms with Crippen molar-refractivity contribution in [2.45, 2.75) is 5.16 Å². The molecule has 0 radical (unpaired) electrons. The summed E-state index contributed by atoms with van der Waals surface area (Å²) in [5.41, 5.74) is 0.624. The van der Waals surface area contributed by atoms with Crippen LogP contribution in [0.2, 0.25) is 5.02 Å². The Morgan fingerprint density at radius 2 is 2.29 bits per heavy atom. The molecule has 0 atom stereocenters. The number of rotatable bonds is 4. The van der Waals surface area contributed by atoms with E-state index in [4.69, 9.17) is 11.6 Å². The Hall–Kier alpha value is -1.46. The van der Waals surface area contributed by atoms with Crippen LogP contribution in [-0.4, -0.2) is 21.6 Å². The molecule has 1 heterocycles. The highest BCUT2D eigenvalue weighted by Gasteiger charge is 2.06. The minimum absolute atomic E-state index is 0.112. The maximum Gasteiger partial charge on any atom is 0.234 e. The second kappa shape index (κ2) is 5.75. The first-order chi connectivity index (χ1) is 8.25. The maximum atomic E-state index is 11.6. The lowest BCUT2D eigenvalue weighted by atomic mass is 10.3. The van der Waals surface area contributed by atoms with Gasteiger partial charge in [0, 0.05) is 12.4 Å². The van der Waals surface area contributed by atoms with Gasteiger partial charge in [-0.15, -0.1) is 0 Å². The molecular formula is C11H10ClN3OS. The number of aromatic nitrogens is 2. The van der Waals surface area contributed by atoms with Crippen molar-refractivity contribution in [2.24, 2.45) is 0 Å². The molecule has 0 fully saturated rings. The van der Waals surface area contributed by atoms with E-state index in [1.54, 1.807) is 24.5 Å². The zero-order valence-corrected chi connectivity index (χ0v) is 10.4. The van der Waals surface area contributed by atoms with Crippen LogP contribution in [0.15, 0.2) is 41.8 Å². The monoisotopic (exact) mass is 267 g/mol. The van der Waals surface area contributed by atoms with Crippen LogP contribution in [0.25, 0.3) is 0 Å². The number of carbonyl (C=O) groups is 1. The number of H-pyrrole nitrogens is 1. The van der Waals surface area contributed by atoms with Crippen molar-refractivity contribution in [3.05, 3.63) is 41.7 Å². The third kappa shape index (κ3) is 3.51. The average Bonchev–Trinajstić information content (AvgIpc) is 2.82. The Bertz CT molecular complexity index is 501. The number of halogens is 1. The number of benzene rings is 1. The van der Waals surface area contributed by atoms with Crippen molar-refractivity contribution < 1.29 is 4.79 Å². The van der Waals surface area contributed by atoms with Gasteiger partial charge in [0.1, 0.15) is 0 Å². The predicted octanol–water partition coefficient (Wildman–Crippen LogP) is 2.79. The van der Waals surface area contributed by atoms with E-state index in [-0.39, 0.29) is 5.91 Å². The van der Waals surface area contributed by atoms with Crippen molar-refractivity contribution >= 4 is 35.0 Å². The molecule has 2 aromatic rings. The molecule has 0 aliphatic rings. The van der Waals surface area contributed by atoms with Gasteiger partial charge in [0.05, 0.1) is 16.5 Å².